The second-order valence-electron chi connectivity index (χ2n) is 4.72. The number of ether oxygens (including phenoxy) is 1. The molecule has 0 atom stereocenters. The number of benzene rings is 2. The molecule has 3 aromatic rings. The molecule has 0 bridgehead atoms. The Kier molecular flexibility index (Phi) is 4.19. The molecule has 1 amide bonds. The molecule has 2 N–H and O–H groups in total. The molecular weight excluding hydrogens is 296 g/mol. The molecule has 1 aromatic heterocycles. The lowest BCUT2D eigenvalue weighted by molar-refractivity contribution is 0.155. The molecule has 0 aliphatic rings. The molecule has 0 spiro atoms. The molecule has 3 rings (SSSR count). The zero-order valence-electron chi connectivity index (χ0n) is 12.1. The van der Waals surface area contributed by atoms with E-state index in [9.17, 15) is 9.90 Å². The zero-order chi connectivity index (χ0) is 16.1. The number of carbonyl (C=O) groups is 1. The van der Waals surface area contributed by atoms with Gasteiger partial charge in [-0.25, -0.2) is 9.48 Å². The molecule has 0 fully saturated rings. The largest absolute Gasteiger partial charge is 0.508 e. The van der Waals surface area contributed by atoms with Crippen LogP contribution in [0, 0.1) is 0 Å². The van der Waals surface area contributed by atoms with Gasteiger partial charge >= 0.3 is 6.09 Å². The van der Waals surface area contributed by atoms with Crippen LogP contribution in [-0.2, 0) is 11.3 Å². The third kappa shape index (κ3) is 3.85. The maximum absolute atomic E-state index is 11.7. The van der Waals surface area contributed by atoms with Crippen molar-refractivity contribution in [2.75, 3.05) is 5.32 Å². The molecular formula is C16H14N4O3. The number of phenols is 1. The quantitative estimate of drug-likeness (QED) is 0.773. The Bertz CT molecular complexity index is 785. The normalized spacial score (nSPS) is 10.3. The molecule has 0 aliphatic heterocycles. The van der Waals surface area contributed by atoms with Crippen molar-refractivity contribution in [3.8, 4) is 11.4 Å². The number of nitrogens with zero attached hydrogens (tertiary/aromatic N) is 3. The first kappa shape index (κ1) is 14.6. The van der Waals surface area contributed by atoms with Gasteiger partial charge in [-0.1, -0.05) is 30.3 Å². The Morgan fingerprint density at radius 1 is 1.13 bits per heavy atom. The maximum Gasteiger partial charge on any atom is 0.414 e. The van der Waals surface area contributed by atoms with E-state index >= 15 is 0 Å². The van der Waals surface area contributed by atoms with Crippen LogP contribution in [-0.4, -0.2) is 26.0 Å². The fraction of sp³-hybridized carbons (Fsp3) is 0.0625. The molecule has 116 valence electrons. The fourth-order valence-corrected chi connectivity index (χ4v) is 1.90. The summed E-state index contributed by atoms with van der Waals surface area (Å²) in [6.45, 7) is 0.172. The van der Waals surface area contributed by atoms with Crippen molar-refractivity contribution in [1.29, 1.82) is 0 Å². The minimum atomic E-state index is -0.627. The third-order valence-corrected chi connectivity index (χ3v) is 3.03. The average Bonchev–Trinajstić information content (AvgIpc) is 3.03. The van der Waals surface area contributed by atoms with Crippen molar-refractivity contribution >= 4 is 12.0 Å². The summed E-state index contributed by atoms with van der Waals surface area (Å²) in [4.78, 5) is 15.7. The first-order valence-corrected chi connectivity index (χ1v) is 6.89. The summed E-state index contributed by atoms with van der Waals surface area (Å²) in [6, 6.07) is 15.8. The van der Waals surface area contributed by atoms with Crippen molar-refractivity contribution in [1.82, 2.24) is 14.8 Å². The summed E-state index contributed by atoms with van der Waals surface area (Å²) in [5, 5.41) is 15.8. The second-order valence-corrected chi connectivity index (χ2v) is 4.72. The number of carbonyl (C=O) groups excluding carboxylic acids is 1. The van der Waals surface area contributed by atoms with Crippen molar-refractivity contribution in [2.45, 2.75) is 6.61 Å². The second kappa shape index (κ2) is 6.61. The molecule has 7 nitrogen and oxygen atoms in total. The number of rotatable bonds is 4. The van der Waals surface area contributed by atoms with Crippen LogP contribution in [0.25, 0.3) is 5.69 Å². The van der Waals surface area contributed by atoms with Crippen LogP contribution in [0.5, 0.6) is 5.75 Å². The molecule has 2 aromatic carbocycles. The fourth-order valence-electron chi connectivity index (χ4n) is 1.90. The maximum atomic E-state index is 11.7. The summed E-state index contributed by atoms with van der Waals surface area (Å²) in [5.41, 5.74) is 1.60. The van der Waals surface area contributed by atoms with E-state index in [4.69, 9.17) is 4.74 Å². The first-order valence-electron chi connectivity index (χ1n) is 6.89. The Labute approximate surface area is 132 Å². The molecule has 23 heavy (non-hydrogen) atoms. The van der Waals surface area contributed by atoms with Crippen molar-refractivity contribution in [3.63, 3.8) is 0 Å². The number of hydrogen-bond acceptors (Lipinski definition) is 5. The monoisotopic (exact) mass is 310 g/mol. The molecule has 0 unspecified atom stereocenters. The Hall–Kier alpha value is -3.35. The summed E-state index contributed by atoms with van der Waals surface area (Å²) in [7, 11) is 0. The van der Waals surface area contributed by atoms with E-state index in [-0.39, 0.29) is 18.3 Å². The van der Waals surface area contributed by atoms with Crippen molar-refractivity contribution in [2.24, 2.45) is 0 Å². The summed E-state index contributed by atoms with van der Waals surface area (Å²) in [6.07, 6.45) is 0.830. The van der Waals surface area contributed by atoms with E-state index in [1.54, 1.807) is 12.1 Å². The van der Waals surface area contributed by atoms with Gasteiger partial charge in [0.2, 0.25) is 0 Å². The Morgan fingerprint density at radius 2 is 1.87 bits per heavy atom. The summed E-state index contributed by atoms with van der Waals surface area (Å²) < 4.78 is 6.57. The molecule has 1 heterocycles. The summed E-state index contributed by atoms with van der Waals surface area (Å²) in [5.74, 6) is 0.299. The highest BCUT2D eigenvalue weighted by Crippen LogP contribution is 2.13. The highest BCUT2D eigenvalue weighted by atomic mass is 16.5. The lowest BCUT2D eigenvalue weighted by atomic mass is 10.2. The van der Waals surface area contributed by atoms with Gasteiger partial charge in [0.1, 0.15) is 18.7 Å². The molecule has 0 saturated carbocycles. The first-order chi connectivity index (χ1) is 11.2. The summed E-state index contributed by atoms with van der Waals surface area (Å²) >= 11 is 0. The van der Waals surface area contributed by atoms with Crippen molar-refractivity contribution < 1.29 is 14.6 Å². The SMILES string of the molecule is O=C(Nc1ncn(-c2ccc(O)cc2)n1)OCc1ccccc1. The van der Waals surface area contributed by atoms with Crippen LogP contribution >= 0.6 is 0 Å². The predicted molar refractivity (Wildman–Crippen MR) is 83.3 cm³/mol. The van der Waals surface area contributed by atoms with Gasteiger partial charge in [0.05, 0.1) is 5.69 Å². The zero-order valence-corrected chi connectivity index (χ0v) is 12.1. The number of aromatic hydroxyl groups is 1. The number of phenolic OH excluding ortho intramolecular Hbond substituents is 1. The number of anilines is 1. The van der Waals surface area contributed by atoms with Gasteiger partial charge in [0.15, 0.2) is 0 Å². The number of aromatic nitrogens is 3. The van der Waals surface area contributed by atoms with Crippen LogP contribution in [0.15, 0.2) is 60.9 Å². The lowest BCUT2D eigenvalue weighted by Gasteiger charge is -2.04. The third-order valence-electron chi connectivity index (χ3n) is 3.03. The Balaban J connectivity index is 1.58. The van der Waals surface area contributed by atoms with Crippen LogP contribution < -0.4 is 5.32 Å². The van der Waals surface area contributed by atoms with Gasteiger partial charge in [0, 0.05) is 0 Å². The van der Waals surface area contributed by atoms with E-state index in [1.165, 1.54) is 23.1 Å². The van der Waals surface area contributed by atoms with E-state index in [0.29, 0.717) is 5.69 Å². The molecule has 0 radical (unpaired) electrons. The van der Waals surface area contributed by atoms with E-state index in [2.05, 4.69) is 15.4 Å². The van der Waals surface area contributed by atoms with Crippen LogP contribution in [0.3, 0.4) is 0 Å². The lowest BCUT2D eigenvalue weighted by Crippen LogP contribution is -2.14. The van der Waals surface area contributed by atoms with Crippen LogP contribution in [0.2, 0.25) is 0 Å². The van der Waals surface area contributed by atoms with Crippen molar-refractivity contribution in [3.05, 3.63) is 66.5 Å². The highest BCUT2D eigenvalue weighted by Gasteiger charge is 2.08. The minimum absolute atomic E-state index is 0.135. The van der Waals surface area contributed by atoms with Crippen LogP contribution in [0.4, 0.5) is 10.7 Å². The minimum Gasteiger partial charge on any atom is -0.508 e. The average molecular weight is 310 g/mol. The van der Waals surface area contributed by atoms with Gasteiger partial charge in [-0.15, -0.1) is 5.10 Å². The van der Waals surface area contributed by atoms with Gasteiger partial charge in [-0.3, -0.25) is 5.32 Å². The van der Waals surface area contributed by atoms with Gasteiger partial charge in [-0.05, 0) is 29.8 Å². The number of nitrogens with one attached hydrogen (secondary N) is 1. The van der Waals surface area contributed by atoms with E-state index in [0.717, 1.165) is 5.56 Å². The van der Waals surface area contributed by atoms with Gasteiger partial charge in [-0.2, -0.15) is 4.98 Å². The standard InChI is InChI=1S/C16H14N4O3/c21-14-8-6-13(7-9-14)20-11-17-15(19-20)18-16(22)23-10-12-4-2-1-3-5-12/h1-9,11,21H,10H2,(H,18,19,22). The van der Waals surface area contributed by atoms with Gasteiger partial charge in [0.25, 0.3) is 5.95 Å². The van der Waals surface area contributed by atoms with Gasteiger partial charge < -0.3 is 9.84 Å². The number of hydrogen-bond donors (Lipinski definition) is 2. The molecule has 0 saturated heterocycles. The van der Waals surface area contributed by atoms with E-state index < -0.39 is 6.09 Å². The highest BCUT2D eigenvalue weighted by molar-refractivity contribution is 5.82. The predicted octanol–water partition coefficient (Wildman–Crippen LogP) is 2.72. The smallest absolute Gasteiger partial charge is 0.414 e. The molecule has 0 aliphatic carbocycles. The molecule has 7 heteroatoms. The number of amides is 1. The van der Waals surface area contributed by atoms with E-state index in [1.807, 2.05) is 30.3 Å². The van der Waals surface area contributed by atoms with Crippen LogP contribution in [0.1, 0.15) is 5.56 Å². The Morgan fingerprint density at radius 3 is 2.61 bits per heavy atom. The topological polar surface area (TPSA) is 89.3 Å².